The molecule has 3 rings (SSSR count). The fourth-order valence-electron chi connectivity index (χ4n) is 2.49. The van der Waals surface area contributed by atoms with Crippen molar-refractivity contribution >= 4 is 23.1 Å². The van der Waals surface area contributed by atoms with Crippen LogP contribution in [0, 0.1) is 6.92 Å². The first kappa shape index (κ1) is 13.1. The van der Waals surface area contributed by atoms with Gasteiger partial charge in [0.1, 0.15) is 4.88 Å². The zero-order chi connectivity index (χ0) is 13.9. The van der Waals surface area contributed by atoms with E-state index in [-0.39, 0.29) is 5.91 Å². The van der Waals surface area contributed by atoms with Crippen LogP contribution in [-0.4, -0.2) is 46.6 Å². The summed E-state index contributed by atoms with van der Waals surface area (Å²) in [4.78, 5) is 17.0. The molecule has 0 aliphatic carbocycles. The molecule has 20 heavy (non-hydrogen) atoms. The van der Waals surface area contributed by atoms with E-state index >= 15 is 0 Å². The third-order valence-electron chi connectivity index (χ3n) is 3.60. The van der Waals surface area contributed by atoms with Crippen molar-refractivity contribution in [3.8, 4) is 0 Å². The minimum atomic E-state index is 0.0458. The first-order valence-corrected chi connectivity index (χ1v) is 7.40. The van der Waals surface area contributed by atoms with Crippen LogP contribution < -0.4 is 4.90 Å². The van der Waals surface area contributed by atoms with Gasteiger partial charge >= 0.3 is 0 Å². The number of para-hydroxylation sites is 1. The van der Waals surface area contributed by atoms with Crippen molar-refractivity contribution in [1.82, 2.24) is 14.5 Å². The summed E-state index contributed by atoms with van der Waals surface area (Å²) < 4.78 is 3.75. The Bertz CT molecular complexity index is 591. The molecule has 1 fully saturated rings. The Morgan fingerprint density at radius 1 is 1.20 bits per heavy atom. The second kappa shape index (κ2) is 5.58. The number of aromatic nitrogens is 2. The molecular formula is C14H16N4OS. The third kappa shape index (κ3) is 2.51. The number of anilines is 1. The molecule has 2 heterocycles. The van der Waals surface area contributed by atoms with Crippen LogP contribution in [0.3, 0.4) is 0 Å². The van der Waals surface area contributed by atoms with E-state index in [0.717, 1.165) is 37.7 Å². The summed E-state index contributed by atoms with van der Waals surface area (Å²) in [7, 11) is 0. The normalized spacial score (nSPS) is 15.4. The maximum Gasteiger partial charge on any atom is 0.267 e. The van der Waals surface area contributed by atoms with E-state index in [2.05, 4.69) is 45.7 Å². The van der Waals surface area contributed by atoms with Gasteiger partial charge in [0.2, 0.25) is 0 Å². The van der Waals surface area contributed by atoms with Gasteiger partial charge in [-0.25, -0.2) is 0 Å². The first-order chi connectivity index (χ1) is 9.75. The fourth-order valence-corrected chi connectivity index (χ4v) is 2.97. The molecule has 1 aliphatic rings. The average Bonchev–Trinajstić information content (AvgIpc) is 3.01. The Kier molecular flexibility index (Phi) is 3.64. The van der Waals surface area contributed by atoms with Crippen molar-refractivity contribution in [2.75, 3.05) is 31.1 Å². The summed E-state index contributed by atoms with van der Waals surface area (Å²) in [6.45, 7) is 5.33. The lowest BCUT2D eigenvalue weighted by molar-refractivity contribution is 0.0751. The number of nitrogens with zero attached hydrogens (tertiary/aromatic N) is 4. The molecule has 0 unspecified atom stereocenters. The molecule has 0 radical (unpaired) electrons. The summed E-state index contributed by atoms with van der Waals surface area (Å²) in [5.74, 6) is 0.0458. The van der Waals surface area contributed by atoms with Crippen LogP contribution in [0.15, 0.2) is 30.5 Å². The number of amides is 1. The van der Waals surface area contributed by atoms with Gasteiger partial charge in [0.15, 0.2) is 0 Å². The molecule has 1 saturated heterocycles. The molecule has 0 N–H and O–H groups in total. The zero-order valence-electron chi connectivity index (χ0n) is 11.3. The highest BCUT2D eigenvalue weighted by Crippen LogP contribution is 2.21. The van der Waals surface area contributed by atoms with Crippen LogP contribution >= 0.6 is 11.5 Å². The van der Waals surface area contributed by atoms with Crippen LogP contribution in [0.5, 0.6) is 0 Å². The van der Waals surface area contributed by atoms with Gasteiger partial charge in [-0.2, -0.15) is 0 Å². The van der Waals surface area contributed by atoms with E-state index in [1.165, 1.54) is 11.3 Å². The van der Waals surface area contributed by atoms with Crippen LogP contribution in [0.2, 0.25) is 0 Å². The van der Waals surface area contributed by atoms with Gasteiger partial charge in [-0.15, -0.1) is 5.10 Å². The van der Waals surface area contributed by atoms with Crippen molar-refractivity contribution < 1.29 is 4.79 Å². The third-order valence-corrected chi connectivity index (χ3v) is 4.25. The van der Waals surface area contributed by atoms with E-state index < -0.39 is 0 Å². The maximum atomic E-state index is 12.2. The molecule has 5 nitrogen and oxygen atoms in total. The Labute approximate surface area is 122 Å². The van der Waals surface area contributed by atoms with Crippen molar-refractivity contribution in [1.29, 1.82) is 0 Å². The van der Waals surface area contributed by atoms with Crippen LogP contribution in [-0.2, 0) is 0 Å². The van der Waals surface area contributed by atoms with Gasteiger partial charge in [-0.1, -0.05) is 22.7 Å². The highest BCUT2D eigenvalue weighted by Gasteiger charge is 2.23. The highest BCUT2D eigenvalue weighted by atomic mass is 32.1. The zero-order valence-corrected chi connectivity index (χ0v) is 12.1. The van der Waals surface area contributed by atoms with E-state index in [1.54, 1.807) is 6.20 Å². The molecule has 1 aromatic carbocycles. The monoisotopic (exact) mass is 288 g/mol. The molecule has 104 valence electrons. The maximum absolute atomic E-state index is 12.2. The number of carbonyl (C=O) groups excluding carboxylic acids is 1. The molecule has 0 spiro atoms. The van der Waals surface area contributed by atoms with E-state index in [4.69, 9.17) is 0 Å². The number of aryl methyl sites for hydroxylation is 1. The Hall–Kier alpha value is -1.95. The number of benzene rings is 1. The number of hydrogen-bond donors (Lipinski definition) is 0. The minimum absolute atomic E-state index is 0.0458. The molecule has 0 bridgehead atoms. The summed E-state index contributed by atoms with van der Waals surface area (Å²) in [5, 5.41) is 3.72. The second-order valence-corrected chi connectivity index (χ2v) is 5.63. The average molecular weight is 288 g/mol. The van der Waals surface area contributed by atoms with E-state index in [9.17, 15) is 4.79 Å². The fraction of sp³-hybridized carbons (Fsp3) is 0.357. The summed E-state index contributed by atoms with van der Waals surface area (Å²) in [6, 6.07) is 8.37. The Morgan fingerprint density at radius 3 is 2.60 bits per heavy atom. The summed E-state index contributed by atoms with van der Waals surface area (Å²) in [5.41, 5.74) is 2.54. The quantitative estimate of drug-likeness (QED) is 0.845. The van der Waals surface area contributed by atoms with Crippen molar-refractivity contribution in [2.45, 2.75) is 6.92 Å². The lowest BCUT2D eigenvalue weighted by Gasteiger charge is -2.36. The SMILES string of the molecule is Cc1ccccc1N1CCN(C(=O)c2cnns2)CC1. The van der Waals surface area contributed by atoms with Gasteiger partial charge in [-0.05, 0) is 30.1 Å². The van der Waals surface area contributed by atoms with Gasteiger partial charge in [-0.3, -0.25) is 4.79 Å². The number of piperazine rings is 1. The topological polar surface area (TPSA) is 49.3 Å². The molecule has 1 aliphatic heterocycles. The molecular weight excluding hydrogens is 272 g/mol. The van der Waals surface area contributed by atoms with Crippen molar-refractivity contribution in [3.05, 3.63) is 40.9 Å². The molecule has 2 aromatic rings. The molecule has 1 amide bonds. The molecule has 6 heteroatoms. The Morgan fingerprint density at radius 2 is 1.95 bits per heavy atom. The summed E-state index contributed by atoms with van der Waals surface area (Å²) in [6.07, 6.45) is 1.54. The minimum Gasteiger partial charge on any atom is -0.368 e. The number of rotatable bonds is 2. The van der Waals surface area contributed by atoms with E-state index in [1.807, 2.05) is 4.90 Å². The van der Waals surface area contributed by atoms with Gasteiger partial charge in [0.05, 0.1) is 6.20 Å². The standard InChI is InChI=1S/C14H16N4OS/c1-11-4-2-3-5-12(11)17-6-8-18(9-7-17)14(19)13-10-15-16-20-13/h2-5,10H,6-9H2,1H3. The van der Waals surface area contributed by atoms with Gasteiger partial charge < -0.3 is 9.80 Å². The van der Waals surface area contributed by atoms with E-state index in [0.29, 0.717) is 4.88 Å². The number of carbonyl (C=O) groups is 1. The van der Waals surface area contributed by atoms with Gasteiger partial charge in [0.25, 0.3) is 5.91 Å². The highest BCUT2D eigenvalue weighted by molar-refractivity contribution is 7.07. The smallest absolute Gasteiger partial charge is 0.267 e. The lowest BCUT2D eigenvalue weighted by Crippen LogP contribution is -2.48. The summed E-state index contributed by atoms with van der Waals surface area (Å²) >= 11 is 1.16. The van der Waals surface area contributed by atoms with Crippen LogP contribution in [0.1, 0.15) is 15.2 Å². The predicted molar refractivity (Wildman–Crippen MR) is 79.2 cm³/mol. The van der Waals surface area contributed by atoms with Gasteiger partial charge in [0, 0.05) is 31.9 Å². The second-order valence-electron chi connectivity index (χ2n) is 4.85. The number of hydrogen-bond acceptors (Lipinski definition) is 5. The largest absolute Gasteiger partial charge is 0.368 e. The first-order valence-electron chi connectivity index (χ1n) is 6.63. The predicted octanol–water partition coefficient (Wildman–Crippen LogP) is 1.81. The molecule has 1 aromatic heterocycles. The molecule has 0 atom stereocenters. The Balaban J connectivity index is 1.65. The lowest BCUT2D eigenvalue weighted by atomic mass is 10.1. The van der Waals surface area contributed by atoms with Crippen molar-refractivity contribution in [3.63, 3.8) is 0 Å². The van der Waals surface area contributed by atoms with Crippen molar-refractivity contribution in [2.24, 2.45) is 0 Å². The molecule has 0 saturated carbocycles. The van der Waals surface area contributed by atoms with Crippen LogP contribution in [0.4, 0.5) is 5.69 Å². The van der Waals surface area contributed by atoms with Crippen LogP contribution in [0.25, 0.3) is 0 Å².